The number of ether oxygens (including phenoxy) is 1. The van der Waals surface area contributed by atoms with Gasteiger partial charge in [-0.15, -0.1) is 0 Å². The number of rotatable bonds is 8. The van der Waals surface area contributed by atoms with Crippen LogP contribution in [0.2, 0.25) is 0 Å². The molecule has 1 aliphatic heterocycles. The number of carbonyl (C=O) groups is 1. The Balaban J connectivity index is 1.53. The standard InChI is InChI=1S/C27H31N5O4/c1-16(2)35-24-8-6-19(11-21(24)12-28)27-30-26(31-36-27)23-7-5-20-14-32(10-9-22(20)18(23)4)25(34)13-29-17(3)15-33/h5-8,11,16-17,29,33H,9-10,13-15H2,1-4H3/t17-/m0/s1. The first kappa shape index (κ1) is 25.4. The molecule has 0 aliphatic carbocycles. The fraction of sp³-hybridized carbons (Fsp3) is 0.407. The van der Waals surface area contributed by atoms with Crippen LogP contribution in [0, 0.1) is 18.3 Å². The highest BCUT2D eigenvalue weighted by atomic mass is 16.5. The van der Waals surface area contributed by atoms with Crippen molar-refractivity contribution in [2.45, 2.75) is 52.8 Å². The van der Waals surface area contributed by atoms with E-state index in [9.17, 15) is 10.1 Å². The molecule has 0 spiro atoms. The van der Waals surface area contributed by atoms with Gasteiger partial charge in [0.1, 0.15) is 11.8 Å². The molecule has 2 aromatic carbocycles. The largest absolute Gasteiger partial charge is 0.490 e. The summed E-state index contributed by atoms with van der Waals surface area (Å²) in [5, 5.41) is 25.9. The summed E-state index contributed by atoms with van der Waals surface area (Å²) >= 11 is 0. The molecular weight excluding hydrogens is 458 g/mol. The topological polar surface area (TPSA) is 125 Å². The second-order valence-electron chi connectivity index (χ2n) is 9.32. The number of hydrogen-bond donors (Lipinski definition) is 2. The van der Waals surface area contributed by atoms with Crippen molar-refractivity contribution in [2.75, 3.05) is 19.7 Å². The van der Waals surface area contributed by atoms with E-state index in [1.165, 1.54) is 5.56 Å². The SMILES string of the molecule is Cc1c(-c2noc(-c3ccc(OC(C)C)c(C#N)c3)n2)ccc2c1CCN(C(=O)CN[C@@H](C)CO)C2. The molecule has 0 fully saturated rings. The molecule has 0 unspecified atom stereocenters. The summed E-state index contributed by atoms with van der Waals surface area (Å²) in [7, 11) is 0. The van der Waals surface area contributed by atoms with E-state index in [4.69, 9.17) is 14.4 Å². The predicted molar refractivity (Wildman–Crippen MR) is 134 cm³/mol. The highest BCUT2D eigenvalue weighted by molar-refractivity contribution is 5.79. The van der Waals surface area contributed by atoms with Gasteiger partial charge in [-0.3, -0.25) is 4.79 Å². The molecule has 1 amide bonds. The second-order valence-corrected chi connectivity index (χ2v) is 9.32. The Morgan fingerprint density at radius 2 is 2.11 bits per heavy atom. The van der Waals surface area contributed by atoms with Crippen molar-refractivity contribution in [1.82, 2.24) is 20.4 Å². The maximum atomic E-state index is 12.6. The molecule has 188 valence electrons. The third kappa shape index (κ3) is 5.40. The van der Waals surface area contributed by atoms with Gasteiger partial charge < -0.3 is 24.6 Å². The Hall–Kier alpha value is -3.74. The molecule has 2 heterocycles. The van der Waals surface area contributed by atoms with Gasteiger partial charge in [0.2, 0.25) is 11.7 Å². The zero-order valence-electron chi connectivity index (χ0n) is 21.0. The van der Waals surface area contributed by atoms with Gasteiger partial charge >= 0.3 is 0 Å². The first-order valence-electron chi connectivity index (χ1n) is 12.1. The minimum Gasteiger partial charge on any atom is -0.490 e. The summed E-state index contributed by atoms with van der Waals surface area (Å²) < 4.78 is 11.2. The van der Waals surface area contributed by atoms with Crippen molar-refractivity contribution >= 4 is 5.91 Å². The average molecular weight is 490 g/mol. The Morgan fingerprint density at radius 3 is 2.83 bits per heavy atom. The quantitative estimate of drug-likeness (QED) is 0.494. The van der Waals surface area contributed by atoms with Crippen LogP contribution in [0.1, 0.15) is 43.0 Å². The zero-order valence-corrected chi connectivity index (χ0v) is 21.0. The number of nitriles is 1. The molecule has 2 N–H and O–H groups in total. The van der Waals surface area contributed by atoms with Crippen molar-refractivity contribution in [3.63, 3.8) is 0 Å². The van der Waals surface area contributed by atoms with E-state index in [0.29, 0.717) is 41.7 Å². The fourth-order valence-corrected chi connectivity index (χ4v) is 4.29. The van der Waals surface area contributed by atoms with E-state index in [-0.39, 0.29) is 31.2 Å². The first-order chi connectivity index (χ1) is 17.3. The van der Waals surface area contributed by atoms with E-state index in [2.05, 4.69) is 21.5 Å². The molecule has 9 heteroatoms. The number of nitrogens with zero attached hydrogens (tertiary/aromatic N) is 4. The van der Waals surface area contributed by atoms with Gasteiger partial charge in [0.25, 0.3) is 5.89 Å². The molecule has 3 aromatic rings. The van der Waals surface area contributed by atoms with Crippen molar-refractivity contribution in [2.24, 2.45) is 0 Å². The molecule has 36 heavy (non-hydrogen) atoms. The number of benzene rings is 2. The molecule has 4 rings (SSSR count). The van der Waals surface area contributed by atoms with Gasteiger partial charge in [0, 0.05) is 30.3 Å². The Labute approximate surface area is 210 Å². The third-order valence-corrected chi connectivity index (χ3v) is 6.29. The molecule has 1 atom stereocenters. The Morgan fingerprint density at radius 1 is 1.31 bits per heavy atom. The Kier molecular flexibility index (Phi) is 7.67. The number of aromatic nitrogens is 2. The number of nitrogens with one attached hydrogen (secondary N) is 1. The van der Waals surface area contributed by atoms with Crippen LogP contribution in [0.3, 0.4) is 0 Å². The van der Waals surface area contributed by atoms with Gasteiger partial charge in [-0.2, -0.15) is 10.2 Å². The van der Waals surface area contributed by atoms with Gasteiger partial charge in [0.15, 0.2) is 0 Å². The normalized spacial score (nSPS) is 13.9. The van der Waals surface area contributed by atoms with Crippen LogP contribution in [-0.4, -0.2) is 57.9 Å². The lowest BCUT2D eigenvalue weighted by atomic mass is 9.91. The molecule has 1 aliphatic rings. The van der Waals surface area contributed by atoms with Crippen LogP contribution in [-0.2, 0) is 17.8 Å². The number of hydrogen-bond acceptors (Lipinski definition) is 8. The first-order valence-corrected chi connectivity index (χ1v) is 12.1. The fourth-order valence-electron chi connectivity index (χ4n) is 4.29. The summed E-state index contributed by atoms with van der Waals surface area (Å²) in [4.78, 5) is 19.0. The predicted octanol–water partition coefficient (Wildman–Crippen LogP) is 3.23. The smallest absolute Gasteiger partial charge is 0.258 e. The number of amides is 1. The molecule has 0 bridgehead atoms. The number of aliphatic hydroxyl groups is 1. The van der Waals surface area contributed by atoms with Crippen molar-refractivity contribution in [3.8, 4) is 34.7 Å². The van der Waals surface area contributed by atoms with Gasteiger partial charge in [-0.05, 0) is 69.0 Å². The monoisotopic (exact) mass is 489 g/mol. The van der Waals surface area contributed by atoms with Crippen LogP contribution in [0.15, 0.2) is 34.9 Å². The van der Waals surface area contributed by atoms with Gasteiger partial charge in [-0.1, -0.05) is 17.3 Å². The highest BCUT2D eigenvalue weighted by Gasteiger charge is 2.24. The highest BCUT2D eigenvalue weighted by Crippen LogP contribution is 2.32. The summed E-state index contributed by atoms with van der Waals surface area (Å²) in [6.07, 6.45) is 0.700. The summed E-state index contributed by atoms with van der Waals surface area (Å²) in [6.45, 7) is 9.07. The van der Waals surface area contributed by atoms with Crippen LogP contribution >= 0.6 is 0 Å². The molecule has 0 saturated carbocycles. The average Bonchev–Trinajstić information content (AvgIpc) is 3.37. The number of fused-ring (bicyclic) bond motifs is 1. The van der Waals surface area contributed by atoms with Crippen LogP contribution in [0.4, 0.5) is 0 Å². The van der Waals surface area contributed by atoms with Gasteiger partial charge in [-0.25, -0.2) is 0 Å². The van der Waals surface area contributed by atoms with E-state index in [0.717, 1.165) is 23.1 Å². The summed E-state index contributed by atoms with van der Waals surface area (Å²) in [5.74, 6) is 1.35. The van der Waals surface area contributed by atoms with E-state index < -0.39 is 0 Å². The van der Waals surface area contributed by atoms with E-state index >= 15 is 0 Å². The minimum atomic E-state index is -0.117. The maximum absolute atomic E-state index is 12.6. The van der Waals surface area contributed by atoms with Crippen molar-refractivity contribution in [1.29, 1.82) is 5.26 Å². The van der Waals surface area contributed by atoms with Crippen molar-refractivity contribution < 1.29 is 19.2 Å². The minimum absolute atomic E-state index is 0.00672. The van der Waals surface area contributed by atoms with Crippen LogP contribution in [0.5, 0.6) is 5.75 Å². The zero-order chi connectivity index (χ0) is 25.8. The second kappa shape index (κ2) is 10.9. The molecule has 0 radical (unpaired) electrons. The van der Waals surface area contributed by atoms with Crippen LogP contribution in [0.25, 0.3) is 22.8 Å². The molecule has 1 aromatic heterocycles. The van der Waals surface area contributed by atoms with E-state index in [1.807, 2.05) is 44.7 Å². The lowest BCUT2D eigenvalue weighted by Gasteiger charge is -2.30. The summed E-state index contributed by atoms with van der Waals surface area (Å²) in [5.41, 5.74) is 5.30. The lowest BCUT2D eigenvalue weighted by molar-refractivity contribution is -0.131. The molecule has 0 saturated heterocycles. The van der Waals surface area contributed by atoms with Crippen molar-refractivity contribution in [3.05, 3.63) is 52.6 Å². The van der Waals surface area contributed by atoms with Crippen LogP contribution < -0.4 is 10.1 Å². The Bertz CT molecular complexity index is 1290. The maximum Gasteiger partial charge on any atom is 0.258 e. The lowest BCUT2D eigenvalue weighted by Crippen LogP contribution is -2.44. The molecular formula is C27H31N5O4. The van der Waals surface area contributed by atoms with E-state index in [1.54, 1.807) is 18.2 Å². The summed E-state index contributed by atoms with van der Waals surface area (Å²) in [6, 6.07) is 11.3. The van der Waals surface area contributed by atoms with Gasteiger partial charge in [0.05, 0.1) is 24.8 Å². The molecule has 9 nitrogen and oxygen atoms in total. The third-order valence-electron chi connectivity index (χ3n) is 6.29. The number of aliphatic hydroxyl groups excluding tert-OH is 1. The number of carbonyl (C=O) groups excluding carboxylic acids is 1.